The number of carbonyl (C=O) groups is 3. The first-order valence-corrected chi connectivity index (χ1v) is 13.6. The molecule has 3 aliphatic rings. The van der Waals surface area contributed by atoms with Crippen LogP contribution in [0.4, 0.5) is 0 Å². The van der Waals surface area contributed by atoms with Crippen molar-refractivity contribution in [3.8, 4) is 5.75 Å². The van der Waals surface area contributed by atoms with Crippen LogP contribution in [0.3, 0.4) is 0 Å². The second kappa shape index (κ2) is 9.61. The van der Waals surface area contributed by atoms with E-state index in [-0.39, 0.29) is 48.3 Å². The molecule has 11 heteroatoms. The lowest BCUT2D eigenvalue weighted by molar-refractivity contribution is -0.139. The van der Waals surface area contributed by atoms with E-state index in [4.69, 9.17) is 27.9 Å². The Morgan fingerprint density at radius 1 is 1.16 bits per heavy atom. The molecule has 1 aliphatic heterocycles. The van der Waals surface area contributed by atoms with Crippen LogP contribution in [0.15, 0.2) is 36.7 Å². The zero-order chi connectivity index (χ0) is 26.6. The highest BCUT2D eigenvalue weighted by atomic mass is 35.5. The number of ether oxygens (including phenoxy) is 1. The molecule has 3 aromatic rings. The summed E-state index contributed by atoms with van der Waals surface area (Å²) in [5, 5.41) is 5.08. The summed E-state index contributed by atoms with van der Waals surface area (Å²) >= 11 is 12.2. The molecule has 0 N–H and O–H groups in total. The number of amides is 1. The van der Waals surface area contributed by atoms with Crippen LogP contribution in [0.1, 0.15) is 55.3 Å². The van der Waals surface area contributed by atoms with Gasteiger partial charge in [-0.05, 0) is 61.8 Å². The highest BCUT2D eigenvalue weighted by molar-refractivity contribution is 6.50. The number of hydrogen-bond acceptors (Lipinski definition) is 7. The van der Waals surface area contributed by atoms with Crippen LogP contribution in [0, 0.1) is 11.8 Å². The summed E-state index contributed by atoms with van der Waals surface area (Å²) < 4.78 is 6.67. The van der Waals surface area contributed by atoms with Gasteiger partial charge in [-0.2, -0.15) is 5.10 Å². The zero-order valence-corrected chi connectivity index (χ0v) is 22.4. The van der Waals surface area contributed by atoms with Crippen LogP contribution >= 0.6 is 23.2 Å². The van der Waals surface area contributed by atoms with E-state index in [2.05, 4.69) is 15.1 Å². The molecule has 2 aromatic heterocycles. The molecule has 3 heterocycles. The molecule has 0 unspecified atom stereocenters. The maximum absolute atomic E-state index is 13.5. The Kier molecular flexibility index (Phi) is 6.39. The van der Waals surface area contributed by atoms with E-state index in [0.717, 1.165) is 6.42 Å². The number of Topliss-reactive ketones (excluding diaryl/α,β-unsaturated/α-hetero) is 2. The SMILES string of the molecule is CC(=O)c1nn(CC(=O)N2[C@@H]3C[C@@H]3C[C@H]2C(=O)CC[C@@H]2CC2(Cl)Cl)c2ccc(OCc3ncccn3)cc12. The van der Waals surface area contributed by atoms with E-state index >= 15 is 0 Å². The predicted octanol–water partition coefficient (Wildman–Crippen LogP) is 4.14. The van der Waals surface area contributed by atoms with Gasteiger partial charge in [0.2, 0.25) is 5.91 Å². The van der Waals surface area contributed by atoms with E-state index in [1.807, 2.05) is 0 Å². The summed E-state index contributed by atoms with van der Waals surface area (Å²) in [5.41, 5.74) is 0.915. The lowest BCUT2D eigenvalue weighted by Crippen LogP contribution is -2.44. The number of rotatable bonds is 10. The molecule has 0 radical (unpaired) electrons. The molecule has 1 aromatic carbocycles. The van der Waals surface area contributed by atoms with Gasteiger partial charge in [0.05, 0.1) is 11.6 Å². The smallest absolute Gasteiger partial charge is 0.245 e. The lowest BCUT2D eigenvalue weighted by Gasteiger charge is -2.27. The predicted molar refractivity (Wildman–Crippen MR) is 140 cm³/mol. The van der Waals surface area contributed by atoms with Crippen molar-refractivity contribution in [2.45, 2.75) is 68.6 Å². The van der Waals surface area contributed by atoms with Crippen LogP contribution in [0.5, 0.6) is 5.75 Å². The molecular formula is C27H27Cl2N5O4. The first-order valence-electron chi connectivity index (χ1n) is 12.8. The van der Waals surface area contributed by atoms with E-state index in [1.165, 1.54) is 6.92 Å². The van der Waals surface area contributed by atoms with Gasteiger partial charge in [0.25, 0.3) is 0 Å². The minimum Gasteiger partial charge on any atom is -0.486 e. The first-order chi connectivity index (χ1) is 18.2. The Balaban J connectivity index is 1.18. The van der Waals surface area contributed by atoms with Crippen LogP contribution in [0.25, 0.3) is 10.9 Å². The molecule has 38 heavy (non-hydrogen) atoms. The summed E-state index contributed by atoms with van der Waals surface area (Å²) in [7, 11) is 0. The number of likely N-dealkylation sites (tertiary alicyclic amines) is 1. The second-order valence-corrected chi connectivity index (χ2v) is 12.0. The van der Waals surface area contributed by atoms with Crippen LogP contribution in [-0.2, 0) is 22.7 Å². The zero-order valence-electron chi connectivity index (χ0n) is 20.8. The Morgan fingerprint density at radius 2 is 1.92 bits per heavy atom. The largest absolute Gasteiger partial charge is 0.486 e. The number of aromatic nitrogens is 4. The van der Waals surface area contributed by atoms with E-state index in [1.54, 1.807) is 46.2 Å². The van der Waals surface area contributed by atoms with E-state index in [9.17, 15) is 14.4 Å². The molecular weight excluding hydrogens is 529 g/mol. The number of nitrogens with zero attached hydrogens (tertiary/aromatic N) is 5. The number of alkyl halides is 2. The quantitative estimate of drug-likeness (QED) is 0.273. The monoisotopic (exact) mass is 555 g/mol. The molecule has 4 atom stereocenters. The van der Waals surface area contributed by atoms with Gasteiger partial charge in [0.1, 0.15) is 28.9 Å². The summed E-state index contributed by atoms with van der Waals surface area (Å²) in [5.74, 6) is 1.30. The maximum atomic E-state index is 13.5. The van der Waals surface area contributed by atoms with Crippen LogP contribution < -0.4 is 4.74 Å². The minimum atomic E-state index is -0.705. The van der Waals surface area contributed by atoms with Crippen LogP contribution in [0.2, 0.25) is 0 Å². The standard InChI is InChI=1S/C27H27Cl2N5O4/c1-15(35)26-19-11-18(38-14-24-30-7-2-8-31-24)4-5-20(19)33(32-26)13-25(37)34-21-9-16(21)10-22(34)23(36)6-3-17-12-27(17,28)29/h2,4-5,7-8,11,16-17,21-22H,3,6,9-10,12-14H2,1H3/t16-,17-,21-,22+/m1/s1. The molecule has 1 saturated heterocycles. The van der Waals surface area contributed by atoms with Crippen molar-refractivity contribution in [3.05, 3.63) is 48.2 Å². The van der Waals surface area contributed by atoms with Gasteiger partial charge in [0.15, 0.2) is 17.4 Å². The average Bonchev–Trinajstić information content (AvgIpc) is 3.69. The van der Waals surface area contributed by atoms with Gasteiger partial charge in [-0.1, -0.05) is 0 Å². The second-order valence-electron chi connectivity index (χ2n) is 10.5. The number of piperidine rings is 1. The van der Waals surface area contributed by atoms with E-state index < -0.39 is 10.4 Å². The average molecular weight is 556 g/mol. The fourth-order valence-corrected chi connectivity index (χ4v) is 6.15. The summed E-state index contributed by atoms with van der Waals surface area (Å²) in [6.07, 6.45) is 6.64. The number of hydrogen-bond donors (Lipinski definition) is 0. The molecule has 2 aliphatic carbocycles. The molecule has 2 saturated carbocycles. The summed E-state index contributed by atoms with van der Waals surface area (Å²) in [4.78, 5) is 49.0. The lowest BCUT2D eigenvalue weighted by atomic mass is 10.0. The van der Waals surface area contributed by atoms with Gasteiger partial charge < -0.3 is 9.64 Å². The third-order valence-corrected chi connectivity index (χ3v) is 8.71. The third-order valence-electron chi connectivity index (χ3n) is 7.79. The summed E-state index contributed by atoms with van der Waals surface area (Å²) in [6.45, 7) is 1.57. The van der Waals surface area contributed by atoms with Gasteiger partial charge in [-0.3, -0.25) is 19.1 Å². The van der Waals surface area contributed by atoms with Gasteiger partial charge in [0, 0.05) is 37.2 Å². The number of carbonyl (C=O) groups excluding carboxylic acids is 3. The van der Waals surface area contributed by atoms with Gasteiger partial charge in [-0.15, -0.1) is 23.2 Å². The van der Waals surface area contributed by atoms with Crippen molar-refractivity contribution in [3.63, 3.8) is 0 Å². The molecule has 3 fully saturated rings. The van der Waals surface area contributed by atoms with E-state index in [0.29, 0.717) is 54.1 Å². The Hall–Kier alpha value is -3.04. The fourth-order valence-electron chi connectivity index (χ4n) is 5.56. The van der Waals surface area contributed by atoms with Crippen molar-refractivity contribution in [1.29, 1.82) is 0 Å². The number of benzene rings is 1. The summed E-state index contributed by atoms with van der Waals surface area (Å²) in [6, 6.07) is 6.71. The van der Waals surface area contributed by atoms with Crippen molar-refractivity contribution in [1.82, 2.24) is 24.6 Å². The number of fused-ring (bicyclic) bond motifs is 2. The molecule has 198 valence electrons. The molecule has 0 spiro atoms. The topological polar surface area (TPSA) is 107 Å². The molecule has 9 nitrogen and oxygen atoms in total. The first kappa shape index (κ1) is 25.2. The van der Waals surface area contributed by atoms with Crippen molar-refractivity contribution in [2.24, 2.45) is 11.8 Å². The normalized spacial score (nSPS) is 24.8. The van der Waals surface area contributed by atoms with Crippen molar-refractivity contribution in [2.75, 3.05) is 0 Å². The number of ketones is 2. The highest BCUT2D eigenvalue weighted by Gasteiger charge is 2.56. The molecule has 1 amide bonds. The third kappa shape index (κ3) is 4.89. The van der Waals surface area contributed by atoms with Gasteiger partial charge >= 0.3 is 0 Å². The maximum Gasteiger partial charge on any atom is 0.245 e. The van der Waals surface area contributed by atoms with Crippen LogP contribution in [-0.4, -0.2) is 58.5 Å². The van der Waals surface area contributed by atoms with Crippen molar-refractivity contribution < 1.29 is 19.1 Å². The number of halogens is 2. The van der Waals surface area contributed by atoms with Gasteiger partial charge in [-0.25, -0.2) is 9.97 Å². The van der Waals surface area contributed by atoms with Crippen molar-refractivity contribution >= 4 is 51.6 Å². The Labute approximate surface area is 229 Å². The molecule has 6 rings (SSSR count). The molecule has 0 bridgehead atoms. The fraction of sp³-hybridized carbons (Fsp3) is 0.481. The highest BCUT2D eigenvalue weighted by Crippen LogP contribution is 2.55. The Bertz CT molecular complexity index is 1430. The Morgan fingerprint density at radius 3 is 2.63 bits per heavy atom. The minimum absolute atomic E-state index is 0.0517.